The minimum Gasteiger partial charge on any atom is -0.437 e. The SMILES string of the molecule is Cc1nnc(Oc2ccc3ccccc3c2)c(CN)c1C. The van der Waals surface area contributed by atoms with Gasteiger partial charge in [0, 0.05) is 12.1 Å². The van der Waals surface area contributed by atoms with Gasteiger partial charge in [0.05, 0.1) is 5.69 Å². The monoisotopic (exact) mass is 279 g/mol. The Hall–Kier alpha value is -2.46. The van der Waals surface area contributed by atoms with Gasteiger partial charge in [0.1, 0.15) is 5.75 Å². The number of aromatic nitrogens is 2. The molecule has 0 aliphatic carbocycles. The Kier molecular flexibility index (Phi) is 3.54. The average molecular weight is 279 g/mol. The zero-order chi connectivity index (χ0) is 14.8. The highest BCUT2D eigenvalue weighted by Gasteiger charge is 2.12. The second-order valence-corrected chi connectivity index (χ2v) is 5.01. The Morgan fingerprint density at radius 1 is 1.00 bits per heavy atom. The summed E-state index contributed by atoms with van der Waals surface area (Å²) < 4.78 is 5.89. The summed E-state index contributed by atoms with van der Waals surface area (Å²) in [6.45, 7) is 4.28. The molecule has 4 heteroatoms. The molecular weight excluding hydrogens is 262 g/mol. The van der Waals surface area contributed by atoms with Crippen molar-refractivity contribution in [3.05, 3.63) is 59.3 Å². The Morgan fingerprint density at radius 2 is 1.76 bits per heavy atom. The Labute approximate surface area is 123 Å². The van der Waals surface area contributed by atoms with Crippen LogP contribution in [-0.4, -0.2) is 10.2 Å². The lowest BCUT2D eigenvalue weighted by molar-refractivity contribution is 0.447. The zero-order valence-corrected chi connectivity index (χ0v) is 12.1. The van der Waals surface area contributed by atoms with E-state index in [-0.39, 0.29) is 0 Å². The van der Waals surface area contributed by atoms with Crippen LogP contribution in [-0.2, 0) is 6.54 Å². The lowest BCUT2D eigenvalue weighted by atomic mass is 10.1. The van der Waals surface area contributed by atoms with Gasteiger partial charge in [-0.25, -0.2) is 0 Å². The number of ether oxygens (including phenoxy) is 1. The minimum atomic E-state index is 0.380. The van der Waals surface area contributed by atoms with Gasteiger partial charge in [-0.1, -0.05) is 30.3 Å². The van der Waals surface area contributed by atoms with Gasteiger partial charge in [-0.15, -0.1) is 5.10 Å². The van der Waals surface area contributed by atoms with Gasteiger partial charge in [-0.2, -0.15) is 5.10 Å². The highest BCUT2D eigenvalue weighted by molar-refractivity contribution is 5.83. The van der Waals surface area contributed by atoms with Crippen LogP contribution >= 0.6 is 0 Å². The number of aryl methyl sites for hydroxylation is 1. The van der Waals surface area contributed by atoms with Crippen LogP contribution in [0.25, 0.3) is 10.8 Å². The maximum absolute atomic E-state index is 5.89. The van der Waals surface area contributed by atoms with Crippen LogP contribution in [0.2, 0.25) is 0 Å². The van der Waals surface area contributed by atoms with E-state index in [9.17, 15) is 0 Å². The van der Waals surface area contributed by atoms with Crippen LogP contribution in [0.1, 0.15) is 16.8 Å². The lowest BCUT2D eigenvalue weighted by Gasteiger charge is -2.12. The number of nitrogens with zero attached hydrogens (tertiary/aromatic N) is 2. The van der Waals surface area contributed by atoms with Crippen molar-refractivity contribution < 1.29 is 4.74 Å². The summed E-state index contributed by atoms with van der Waals surface area (Å²) in [6.07, 6.45) is 0. The molecule has 1 aromatic heterocycles. The van der Waals surface area contributed by atoms with Gasteiger partial charge in [0.15, 0.2) is 0 Å². The molecule has 0 fully saturated rings. The molecule has 4 nitrogen and oxygen atoms in total. The van der Waals surface area contributed by atoms with E-state index in [4.69, 9.17) is 10.5 Å². The molecule has 0 saturated carbocycles. The number of fused-ring (bicyclic) bond motifs is 1. The van der Waals surface area contributed by atoms with Crippen molar-refractivity contribution >= 4 is 10.8 Å². The minimum absolute atomic E-state index is 0.380. The van der Waals surface area contributed by atoms with E-state index in [2.05, 4.69) is 22.3 Å². The standard InChI is InChI=1S/C17H17N3O/c1-11-12(2)19-20-17(16(11)10-18)21-15-8-7-13-5-3-4-6-14(13)9-15/h3-9H,10,18H2,1-2H3. The number of benzene rings is 2. The third-order valence-electron chi connectivity index (χ3n) is 3.68. The number of hydrogen-bond donors (Lipinski definition) is 1. The van der Waals surface area contributed by atoms with E-state index in [1.54, 1.807) is 0 Å². The fourth-order valence-electron chi connectivity index (χ4n) is 2.30. The molecule has 0 aliphatic rings. The van der Waals surface area contributed by atoms with Gasteiger partial charge < -0.3 is 10.5 Å². The largest absolute Gasteiger partial charge is 0.437 e. The van der Waals surface area contributed by atoms with E-state index < -0.39 is 0 Å². The van der Waals surface area contributed by atoms with Crippen LogP contribution in [0, 0.1) is 13.8 Å². The van der Waals surface area contributed by atoms with E-state index in [1.807, 2.05) is 44.2 Å². The van der Waals surface area contributed by atoms with Crippen molar-refractivity contribution in [2.45, 2.75) is 20.4 Å². The summed E-state index contributed by atoms with van der Waals surface area (Å²) in [4.78, 5) is 0. The summed E-state index contributed by atoms with van der Waals surface area (Å²) >= 11 is 0. The smallest absolute Gasteiger partial charge is 0.243 e. The topological polar surface area (TPSA) is 61.0 Å². The molecule has 0 radical (unpaired) electrons. The second kappa shape index (κ2) is 5.50. The Balaban J connectivity index is 2.00. The van der Waals surface area contributed by atoms with Crippen LogP contribution in [0.15, 0.2) is 42.5 Å². The lowest BCUT2D eigenvalue weighted by Crippen LogP contribution is -2.07. The molecule has 3 rings (SSSR count). The predicted octanol–water partition coefficient (Wildman–Crippen LogP) is 3.50. The van der Waals surface area contributed by atoms with Crippen molar-refractivity contribution in [2.24, 2.45) is 5.73 Å². The second-order valence-electron chi connectivity index (χ2n) is 5.01. The van der Waals surface area contributed by atoms with E-state index in [1.165, 1.54) is 5.39 Å². The normalized spacial score (nSPS) is 10.8. The van der Waals surface area contributed by atoms with Gasteiger partial charge in [-0.05, 0) is 42.3 Å². The van der Waals surface area contributed by atoms with Gasteiger partial charge in [0.25, 0.3) is 0 Å². The molecule has 21 heavy (non-hydrogen) atoms. The number of rotatable bonds is 3. The first-order chi connectivity index (χ1) is 10.2. The maximum Gasteiger partial charge on any atom is 0.243 e. The number of hydrogen-bond acceptors (Lipinski definition) is 4. The van der Waals surface area contributed by atoms with E-state index in [0.29, 0.717) is 12.4 Å². The Bertz CT molecular complexity index is 799. The van der Waals surface area contributed by atoms with Gasteiger partial charge in [0.2, 0.25) is 5.88 Å². The van der Waals surface area contributed by atoms with Crippen molar-refractivity contribution in [3.8, 4) is 11.6 Å². The fourth-order valence-corrected chi connectivity index (χ4v) is 2.30. The van der Waals surface area contributed by atoms with E-state index >= 15 is 0 Å². The molecule has 0 saturated heterocycles. The Morgan fingerprint density at radius 3 is 2.52 bits per heavy atom. The van der Waals surface area contributed by atoms with Crippen LogP contribution in [0.3, 0.4) is 0 Å². The molecule has 2 N–H and O–H groups in total. The maximum atomic E-state index is 5.89. The molecule has 3 aromatic rings. The summed E-state index contributed by atoms with van der Waals surface area (Å²) in [5, 5.41) is 10.6. The van der Waals surface area contributed by atoms with Crippen molar-refractivity contribution in [2.75, 3.05) is 0 Å². The van der Waals surface area contributed by atoms with Gasteiger partial charge in [-0.3, -0.25) is 0 Å². The highest BCUT2D eigenvalue weighted by Crippen LogP contribution is 2.28. The number of nitrogens with two attached hydrogens (primary N) is 1. The molecule has 106 valence electrons. The van der Waals surface area contributed by atoms with E-state index in [0.717, 1.165) is 28.0 Å². The molecule has 0 unspecified atom stereocenters. The summed E-state index contributed by atoms with van der Waals surface area (Å²) in [5.41, 5.74) is 8.62. The average Bonchev–Trinajstić information content (AvgIpc) is 2.51. The van der Waals surface area contributed by atoms with Crippen molar-refractivity contribution in [3.63, 3.8) is 0 Å². The molecule has 0 amide bonds. The third kappa shape index (κ3) is 2.58. The molecule has 0 spiro atoms. The highest BCUT2D eigenvalue weighted by atomic mass is 16.5. The van der Waals surface area contributed by atoms with Crippen molar-refractivity contribution in [1.29, 1.82) is 0 Å². The van der Waals surface area contributed by atoms with Gasteiger partial charge >= 0.3 is 0 Å². The van der Waals surface area contributed by atoms with Crippen LogP contribution < -0.4 is 10.5 Å². The quantitative estimate of drug-likeness (QED) is 0.797. The summed E-state index contributed by atoms with van der Waals surface area (Å²) in [7, 11) is 0. The molecule has 2 aromatic carbocycles. The first-order valence-corrected chi connectivity index (χ1v) is 6.88. The molecular formula is C17H17N3O. The summed E-state index contributed by atoms with van der Waals surface area (Å²) in [6, 6.07) is 14.1. The predicted molar refractivity (Wildman–Crippen MR) is 83.4 cm³/mol. The van der Waals surface area contributed by atoms with Crippen molar-refractivity contribution in [1.82, 2.24) is 10.2 Å². The van der Waals surface area contributed by atoms with Crippen LogP contribution in [0.4, 0.5) is 0 Å². The fraction of sp³-hybridized carbons (Fsp3) is 0.176. The molecule has 0 aliphatic heterocycles. The third-order valence-corrected chi connectivity index (χ3v) is 3.68. The molecule has 0 atom stereocenters. The molecule has 0 bridgehead atoms. The summed E-state index contributed by atoms with van der Waals surface area (Å²) in [5.74, 6) is 1.22. The first kappa shape index (κ1) is 13.5. The zero-order valence-electron chi connectivity index (χ0n) is 12.1. The van der Waals surface area contributed by atoms with Crippen LogP contribution in [0.5, 0.6) is 11.6 Å². The first-order valence-electron chi connectivity index (χ1n) is 6.88. The molecule has 1 heterocycles.